The Morgan fingerprint density at radius 1 is 1.09 bits per heavy atom. The van der Waals surface area contributed by atoms with Crippen molar-refractivity contribution in [3.05, 3.63) is 65.2 Å². The zero-order chi connectivity index (χ0) is 15.8. The summed E-state index contributed by atoms with van der Waals surface area (Å²) in [6, 6.07) is 16.1. The van der Waals surface area contributed by atoms with E-state index in [-0.39, 0.29) is 5.91 Å². The van der Waals surface area contributed by atoms with Gasteiger partial charge in [0, 0.05) is 18.6 Å². The Kier molecular flexibility index (Phi) is 6.49. The minimum absolute atomic E-state index is 0.0421. The molecule has 0 atom stereocenters. The van der Waals surface area contributed by atoms with Gasteiger partial charge in [-0.15, -0.1) is 11.8 Å². The largest absolute Gasteiger partial charge is 0.380 e. The molecular weight excluding hydrogens is 294 g/mol. The van der Waals surface area contributed by atoms with E-state index in [1.165, 1.54) is 5.56 Å². The fourth-order valence-electron chi connectivity index (χ4n) is 2.13. The van der Waals surface area contributed by atoms with Crippen molar-refractivity contribution in [2.24, 2.45) is 0 Å². The van der Waals surface area contributed by atoms with E-state index in [0.29, 0.717) is 18.9 Å². The van der Waals surface area contributed by atoms with E-state index in [4.69, 9.17) is 4.74 Å². The van der Waals surface area contributed by atoms with Crippen LogP contribution in [-0.4, -0.2) is 18.8 Å². The lowest BCUT2D eigenvalue weighted by Gasteiger charge is -2.10. The Morgan fingerprint density at radius 2 is 1.77 bits per heavy atom. The number of amides is 1. The van der Waals surface area contributed by atoms with Gasteiger partial charge in [0.15, 0.2) is 0 Å². The Balaban J connectivity index is 1.84. The van der Waals surface area contributed by atoms with Crippen LogP contribution in [0.15, 0.2) is 53.4 Å². The van der Waals surface area contributed by atoms with E-state index in [1.807, 2.05) is 42.5 Å². The number of benzene rings is 2. The molecule has 2 aromatic carbocycles. The van der Waals surface area contributed by atoms with Gasteiger partial charge in [0.05, 0.1) is 12.4 Å². The molecule has 0 radical (unpaired) electrons. The zero-order valence-corrected chi connectivity index (χ0v) is 13.8. The fourth-order valence-corrected chi connectivity index (χ4v) is 2.99. The summed E-state index contributed by atoms with van der Waals surface area (Å²) in [5.41, 5.74) is 3.40. The Labute approximate surface area is 136 Å². The smallest absolute Gasteiger partial charge is 0.230 e. The summed E-state index contributed by atoms with van der Waals surface area (Å²) in [7, 11) is 1.67. The Bertz CT molecular complexity index is 628. The zero-order valence-electron chi connectivity index (χ0n) is 13.0. The third kappa shape index (κ3) is 4.90. The molecule has 0 aliphatic rings. The summed E-state index contributed by atoms with van der Waals surface area (Å²) < 4.78 is 5.18. The van der Waals surface area contributed by atoms with Crippen LogP contribution in [0.3, 0.4) is 0 Å². The first-order valence-electron chi connectivity index (χ1n) is 7.21. The number of carbonyl (C=O) groups excluding carboxylic acids is 1. The maximum absolute atomic E-state index is 12.0. The predicted molar refractivity (Wildman–Crippen MR) is 90.9 cm³/mol. The molecule has 0 aromatic heterocycles. The third-order valence-electron chi connectivity index (χ3n) is 3.35. The van der Waals surface area contributed by atoms with Gasteiger partial charge in [-0.1, -0.05) is 42.5 Å². The fraction of sp³-hybridized carbons (Fsp3) is 0.278. The van der Waals surface area contributed by atoms with Crippen LogP contribution >= 0.6 is 11.8 Å². The molecule has 0 heterocycles. The molecule has 2 rings (SSSR count). The number of thioether (sulfide) groups is 1. The first-order chi connectivity index (χ1) is 10.7. The highest BCUT2D eigenvalue weighted by molar-refractivity contribution is 8.00. The lowest BCUT2D eigenvalue weighted by molar-refractivity contribution is -0.118. The standard InChI is InChI=1S/C18H21NO2S/c1-14-7-3-6-10-17(14)22-13-18(20)19-11-15-8-4-5-9-16(15)12-21-2/h3-10H,11-13H2,1-2H3,(H,19,20). The first kappa shape index (κ1) is 16.6. The molecule has 0 aliphatic carbocycles. The van der Waals surface area contributed by atoms with Gasteiger partial charge in [-0.2, -0.15) is 0 Å². The van der Waals surface area contributed by atoms with Crippen molar-refractivity contribution in [1.82, 2.24) is 5.32 Å². The molecule has 116 valence electrons. The van der Waals surface area contributed by atoms with Crippen LogP contribution in [0, 0.1) is 6.92 Å². The predicted octanol–water partition coefficient (Wildman–Crippen LogP) is 3.55. The van der Waals surface area contributed by atoms with E-state index < -0.39 is 0 Å². The average molecular weight is 315 g/mol. The highest BCUT2D eigenvalue weighted by Crippen LogP contribution is 2.21. The molecular formula is C18H21NO2S. The van der Waals surface area contributed by atoms with Crippen LogP contribution < -0.4 is 5.32 Å². The van der Waals surface area contributed by atoms with E-state index in [9.17, 15) is 4.79 Å². The number of hydrogen-bond donors (Lipinski definition) is 1. The van der Waals surface area contributed by atoms with Crippen LogP contribution in [0.2, 0.25) is 0 Å². The normalized spacial score (nSPS) is 10.5. The molecule has 0 unspecified atom stereocenters. The monoisotopic (exact) mass is 315 g/mol. The van der Waals surface area contributed by atoms with Gasteiger partial charge in [0.25, 0.3) is 0 Å². The lowest BCUT2D eigenvalue weighted by Crippen LogP contribution is -2.25. The third-order valence-corrected chi connectivity index (χ3v) is 4.52. The summed E-state index contributed by atoms with van der Waals surface area (Å²) in [6.07, 6.45) is 0. The van der Waals surface area contributed by atoms with Gasteiger partial charge in [0.1, 0.15) is 0 Å². The molecule has 0 aliphatic heterocycles. The van der Waals surface area contributed by atoms with E-state index >= 15 is 0 Å². The Morgan fingerprint density at radius 3 is 2.50 bits per heavy atom. The number of hydrogen-bond acceptors (Lipinski definition) is 3. The van der Waals surface area contributed by atoms with Crippen molar-refractivity contribution < 1.29 is 9.53 Å². The van der Waals surface area contributed by atoms with E-state index in [2.05, 4.69) is 18.3 Å². The Hall–Kier alpha value is -1.78. The van der Waals surface area contributed by atoms with Gasteiger partial charge in [0.2, 0.25) is 5.91 Å². The van der Waals surface area contributed by atoms with E-state index in [0.717, 1.165) is 16.0 Å². The highest BCUT2D eigenvalue weighted by Gasteiger charge is 2.06. The number of nitrogens with one attached hydrogen (secondary N) is 1. The highest BCUT2D eigenvalue weighted by atomic mass is 32.2. The molecule has 0 spiro atoms. The van der Waals surface area contributed by atoms with Gasteiger partial charge < -0.3 is 10.1 Å². The van der Waals surface area contributed by atoms with Crippen molar-refractivity contribution in [3.63, 3.8) is 0 Å². The average Bonchev–Trinajstić information content (AvgIpc) is 2.53. The molecule has 0 fully saturated rings. The number of ether oxygens (including phenoxy) is 1. The maximum Gasteiger partial charge on any atom is 0.230 e. The summed E-state index contributed by atoms with van der Waals surface area (Å²) >= 11 is 1.57. The summed E-state index contributed by atoms with van der Waals surface area (Å²) in [5.74, 6) is 0.470. The van der Waals surface area contributed by atoms with Crippen molar-refractivity contribution in [2.45, 2.75) is 25.0 Å². The molecule has 22 heavy (non-hydrogen) atoms. The molecule has 1 N–H and O–H groups in total. The molecule has 3 nitrogen and oxygen atoms in total. The van der Waals surface area contributed by atoms with Crippen LogP contribution in [0.1, 0.15) is 16.7 Å². The molecule has 4 heteroatoms. The van der Waals surface area contributed by atoms with Crippen LogP contribution in [0.4, 0.5) is 0 Å². The number of rotatable bonds is 7. The SMILES string of the molecule is COCc1ccccc1CNC(=O)CSc1ccccc1C. The summed E-state index contributed by atoms with van der Waals surface area (Å²) in [6.45, 7) is 3.15. The van der Waals surface area contributed by atoms with Crippen molar-refractivity contribution >= 4 is 17.7 Å². The molecule has 0 saturated carbocycles. The quantitative estimate of drug-likeness (QED) is 0.794. The lowest BCUT2D eigenvalue weighted by atomic mass is 10.1. The van der Waals surface area contributed by atoms with Gasteiger partial charge >= 0.3 is 0 Å². The number of carbonyl (C=O) groups is 1. The topological polar surface area (TPSA) is 38.3 Å². The van der Waals surface area contributed by atoms with Gasteiger partial charge in [-0.05, 0) is 29.7 Å². The van der Waals surface area contributed by atoms with Gasteiger partial charge in [-0.3, -0.25) is 4.79 Å². The molecule has 2 aromatic rings. The minimum atomic E-state index is 0.0421. The van der Waals surface area contributed by atoms with Crippen molar-refractivity contribution in [1.29, 1.82) is 0 Å². The number of methoxy groups -OCH3 is 1. The van der Waals surface area contributed by atoms with Crippen LogP contribution in [0.25, 0.3) is 0 Å². The second-order valence-electron chi connectivity index (χ2n) is 5.03. The number of aryl methyl sites for hydroxylation is 1. The van der Waals surface area contributed by atoms with Crippen molar-refractivity contribution in [2.75, 3.05) is 12.9 Å². The van der Waals surface area contributed by atoms with Crippen molar-refractivity contribution in [3.8, 4) is 0 Å². The second-order valence-corrected chi connectivity index (χ2v) is 6.05. The molecule has 1 amide bonds. The minimum Gasteiger partial charge on any atom is -0.380 e. The van der Waals surface area contributed by atoms with Crippen LogP contribution in [-0.2, 0) is 22.7 Å². The van der Waals surface area contributed by atoms with Gasteiger partial charge in [-0.25, -0.2) is 0 Å². The van der Waals surface area contributed by atoms with E-state index in [1.54, 1.807) is 18.9 Å². The first-order valence-corrected chi connectivity index (χ1v) is 8.20. The summed E-state index contributed by atoms with van der Waals surface area (Å²) in [4.78, 5) is 13.2. The maximum atomic E-state index is 12.0. The second kappa shape index (κ2) is 8.61. The van der Waals surface area contributed by atoms with Crippen LogP contribution in [0.5, 0.6) is 0 Å². The molecule has 0 saturated heterocycles. The summed E-state index contributed by atoms with van der Waals surface area (Å²) in [5, 5.41) is 2.97. The molecule has 0 bridgehead atoms.